The minimum Gasteiger partial charge on any atom is -0.382 e. The van der Waals surface area contributed by atoms with Crippen molar-refractivity contribution in [1.29, 1.82) is 0 Å². The lowest BCUT2D eigenvalue weighted by Crippen LogP contribution is -2.08. The largest absolute Gasteiger partial charge is 0.382 e. The highest BCUT2D eigenvalue weighted by Crippen LogP contribution is 1.89. The quantitative estimate of drug-likeness (QED) is 0.467. The monoisotopic (exact) mass is 167 g/mol. The van der Waals surface area contributed by atoms with E-state index >= 15 is 0 Å². The van der Waals surface area contributed by atoms with Crippen LogP contribution in [0.4, 0.5) is 0 Å². The van der Waals surface area contributed by atoms with Crippen LogP contribution < -0.4 is 0 Å². The molecule has 0 heterocycles. The fourth-order valence-corrected chi connectivity index (χ4v) is 0.553. The average molecular weight is 167 g/mol. The Kier molecular flexibility index (Phi) is 4.84. The van der Waals surface area contributed by atoms with E-state index in [1.165, 1.54) is 0 Å². The molecular formula is C9H17N3. The molecule has 0 aromatic heterocycles. The molecule has 0 unspecified atom stereocenters. The third-order valence-corrected chi connectivity index (χ3v) is 1.19. The van der Waals surface area contributed by atoms with Gasteiger partial charge in [0.25, 0.3) is 0 Å². The van der Waals surface area contributed by atoms with Crippen molar-refractivity contribution in [3.8, 4) is 0 Å². The Morgan fingerprint density at radius 3 is 2.25 bits per heavy atom. The number of hydrazone groups is 1. The molecule has 0 saturated carbocycles. The second-order valence-electron chi connectivity index (χ2n) is 2.78. The SMILES string of the molecule is C=C/C(C)=N\N(C)/C=C\N(C)C. The summed E-state index contributed by atoms with van der Waals surface area (Å²) in [5, 5.41) is 5.93. The van der Waals surface area contributed by atoms with Gasteiger partial charge in [-0.05, 0) is 13.0 Å². The van der Waals surface area contributed by atoms with Crippen molar-refractivity contribution >= 4 is 5.71 Å². The first-order valence-electron chi connectivity index (χ1n) is 3.81. The molecule has 0 radical (unpaired) electrons. The molecule has 68 valence electrons. The summed E-state index contributed by atoms with van der Waals surface area (Å²) in [4.78, 5) is 1.95. The van der Waals surface area contributed by atoms with Crippen LogP contribution in [-0.4, -0.2) is 36.8 Å². The second kappa shape index (κ2) is 5.41. The maximum Gasteiger partial charge on any atom is 0.0572 e. The molecule has 0 spiro atoms. The minimum atomic E-state index is 0.904. The predicted octanol–water partition coefficient (Wildman–Crippen LogP) is 1.51. The van der Waals surface area contributed by atoms with Crippen LogP contribution in [0.15, 0.2) is 30.2 Å². The normalized spacial score (nSPS) is 11.8. The Labute approximate surface area is 74.7 Å². The van der Waals surface area contributed by atoms with Crippen molar-refractivity contribution in [2.75, 3.05) is 21.1 Å². The lowest BCUT2D eigenvalue weighted by Gasteiger charge is -2.09. The first-order chi connectivity index (χ1) is 5.56. The van der Waals surface area contributed by atoms with E-state index in [1.54, 1.807) is 11.1 Å². The number of rotatable bonds is 4. The molecule has 3 heteroatoms. The minimum absolute atomic E-state index is 0.904. The van der Waals surface area contributed by atoms with Gasteiger partial charge < -0.3 is 4.90 Å². The molecule has 0 aromatic carbocycles. The Morgan fingerprint density at radius 2 is 1.83 bits per heavy atom. The van der Waals surface area contributed by atoms with Gasteiger partial charge in [-0.3, -0.25) is 5.01 Å². The van der Waals surface area contributed by atoms with Gasteiger partial charge in [0.1, 0.15) is 0 Å². The summed E-state index contributed by atoms with van der Waals surface area (Å²) in [7, 11) is 5.82. The number of hydrogen-bond acceptors (Lipinski definition) is 3. The predicted molar refractivity (Wildman–Crippen MR) is 53.9 cm³/mol. The molecule has 0 aliphatic heterocycles. The fourth-order valence-electron chi connectivity index (χ4n) is 0.553. The van der Waals surface area contributed by atoms with E-state index in [0.717, 1.165) is 5.71 Å². The van der Waals surface area contributed by atoms with E-state index in [-0.39, 0.29) is 0 Å². The van der Waals surface area contributed by atoms with Crippen LogP contribution in [0.5, 0.6) is 0 Å². The molecular weight excluding hydrogens is 150 g/mol. The summed E-state index contributed by atoms with van der Waals surface area (Å²) < 4.78 is 0. The Bertz CT molecular complexity index is 192. The van der Waals surface area contributed by atoms with Crippen molar-refractivity contribution in [2.24, 2.45) is 5.10 Å². The van der Waals surface area contributed by atoms with E-state index in [4.69, 9.17) is 0 Å². The summed E-state index contributed by atoms with van der Waals surface area (Å²) >= 11 is 0. The molecule has 12 heavy (non-hydrogen) atoms. The van der Waals surface area contributed by atoms with E-state index < -0.39 is 0 Å². The molecule has 0 aliphatic rings. The average Bonchev–Trinajstić information content (AvgIpc) is 2.00. The number of nitrogens with zero attached hydrogens (tertiary/aromatic N) is 3. The van der Waals surface area contributed by atoms with Gasteiger partial charge in [0.15, 0.2) is 0 Å². The van der Waals surface area contributed by atoms with Crippen LogP contribution in [0.1, 0.15) is 6.92 Å². The van der Waals surface area contributed by atoms with Crippen LogP contribution >= 0.6 is 0 Å². The second-order valence-corrected chi connectivity index (χ2v) is 2.78. The molecule has 0 N–H and O–H groups in total. The van der Waals surface area contributed by atoms with Crippen LogP contribution in [0, 0.1) is 0 Å². The zero-order valence-corrected chi connectivity index (χ0v) is 8.28. The van der Waals surface area contributed by atoms with Gasteiger partial charge in [-0.2, -0.15) is 5.10 Å². The Morgan fingerprint density at radius 1 is 1.25 bits per heavy atom. The summed E-state index contributed by atoms with van der Waals surface area (Å²) in [6, 6.07) is 0. The van der Waals surface area contributed by atoms with Gasteiger partial charge in [-0.25, -0.2) is 0 Å². The number of hydrogen-bond donors (Lipinski definition) is 0. The maximum absolute atomic E-state index is 4.19. The van der Waals surface area contributed by atoms with Crippen LogP contribution in [0.3, 0.4) is 0 Å². The summed E-state index contributed by atoms with van der Waals surface area (Å²) in [5.74, 6) is 0. The molecule has 0 saturated heterocycles. The van der Waals surface area contributed by atoms with Crippen LogP contribution in [-0.2, 0) is 0 Å². The van der Waals surface area contributed by atoms with Crippen molar-refractivity contribution in [2.45, 2.75) is 6.92 Å². The Balaban J connectivity index is 4.04. The summed E-state index contributed by atoms with van der Waals surface area (Å²) in [5.41, 5.74) is 0.904. The zero-order chi connectivity index (χ0) is 9.56. The highest BCUT2D eigenvalue weighted by atomic mass is 15.4. The molecule has 0 aliphatic carbocycles. The van der Waals surface area contributed by atoms with Crippen molar-refractivity contribution in [3.63, 3.8) is 0 Å². The molecule has 0 fully saturated rings. The van der Waals surface area contributed by atoms with Gasteiger partial charge in [0, 0.05) is 33.5 Å². The highest BCUT2D eigenvalue weighted by molar-refractivity contribution is 5.91. The van der Waals surface area contributed by atoms with Gasteiger partial charge >= 0.3 is 0 Å². The molecule has 0 aromatic rings. The smallest absolute Gasteiger partial charge is 0.0572 e. The molecule has 0 atom stereocenters. The van der Waals surface area contributed by atoms with Gasteiger partial charge in [-0.15, -0.1) is 0 Å². The van der Waals surface area contributed by atoms with Gasteiger partial charge in [0.05, 0.1) is 5.71 Å². The van der Waals surface area contributed by atoms with E-state index in [0.29, 0.717) is 0 Å². The lowest BCUT2D eigenvalue weighted by molar-refractivity contribution is 0.466. The van der Waals surface area contributed by atoms with Crippen molar-refractivity contribution in [1.82, 2.24) is 9.91 Å². The summed E-state index contributed by atoms with van der Waals surface area (Å²) in [6.45, 7) is 5.53. The molecule has 0 amide bonds. The molecule has 0 bridgehead atoms. The summed E-state index contributed by atoms with van der Waals surface area (Å²) in [6.07, 6.45) is 5.53. The lowest BCUT2D eigenvalue weighted by atomic mass is 10.4. The van der Waals surface area contributed by atoms with E-state index in [1.807, 2.05) is 45.4 Å². The van der Waals surface area contributed by atoms with E-state index in [9.17, 15) is 0 Å². The van der Waals surface area contributed by atoms with Crippen LogP contribution in [0.2, 0.25) is 0 Å². The number of allylic oxidation sites excluding steroid dienone is 1. The molecule has 3 nitrogen and oxygen atoms in total. The van der Waals surface area contributed by atoms with Crippen molar-refractivity contribution < 1.29 is 0 Å². The van der Waals surface area contributed by atoms with E-state index in [2.05, 4.69) is 11.7 Å². The highest BCUT2D eigenvalue weighted by Gasteiger charge is 1.86. The topological polar surface area (TPSA) is 18.8 Å². The van der Waals surface area contributed by atoms with Gasteiger partial charge in [-0.1, -0.05) is 6.58 Å². The van der Waals surface area contributed by atoms with Crippen LogP contribution in [0.25, 0.3) is 0 Å². The zero-order valence-electron chi connectivity index (χ0n) is 8.28. The van der Waals surface area contributed by atoms with Crippen molar-refractivity contribution in [3.05, 3.63) is 25.1 Å². The standard InChI is InChI=1S/C9H17N3/c1-6-9(2)10-12(5)8-7-11(3)4/h6-8H,1H2,2-5H3/b8-7-,10-9-. The molecule has 0 rings (SSSR count). The fraction of sp³-hybridized carbons (Fsp3) is 0.444. The maximum atomic E-state index is 4.19. The first kappa shape index (κ1) is 10.8. The third kappa shape index (κ3) is 5.53. The third-order valence-electron chi connectivity index (χ3n) is 1.19. The van der Waals surface area contributed by atoms with Gasteiger partial charge in [0.2, 0.25) is 0 Å². The Hall–Kier alpha value is -1.25. The first-order valence-corrected chi connectivity index (χ1v) is 3.81.